The number of hydrogen-bond donors (Lipinski definition) is 1. The Morgan fingerprint density at radius 1 is 1.28 bits per heavy atom. The lowest BCUT2D eigenvalue weighted by molar-refractivity contribution is -0.141. The van der Waals surface area contributed by atoms with E-state index < -0.39 is 11.9 Å². The lowest BCUT2D eigenvalue weighted by atomic mass is 10.2. The number of aliphatic carboxylic acids is 1. The number of ether oxygens (including phenoxy) is 1. The molecule has 0 spiro atoms. The average molecular weight is 255 g/mol. The summed E-state index contributed by atoms with van der Waals surface area (Å²) in [6.45, 7) is 1.15. The van der Waals surface area contributed by atoms with Crippen LogP contribution in [0.5, 0.6) is 0 Å². The fourth-order valence-corrected chi connectivity index (χ4v) is 1.72. The molecule has 0 atom stereocenters. The largest absolute Gasteiger partial charge is 0.478 e. The number of carboxylic acid groups (broad SMARTS) is 1. The van der Waals surface area contributed by atoms with Crippen LogP contribution >= 0.6 is 0 Å². The molecule has 0 aromatic carbocycles. The van der Waals surface area contributed by atoms with Gasteiger partial charge in [-0.1, -0.05) is 6.42 Å². The molecular weight excluding hydrogens is 238 g/mol. The molecule has 6 heteroatoms. The molecule has 1 aliphatic heterocycles. The zero-order valence-electron chi connectivity index (χ0n) is 10.1. The van der Waals surface area contributed by atoms with Gasteiger partial charge in [0.25, 0.3) is 0 Å². The summed E-state index contributed by atoms with van der Waals surface area (Å²) in [6, 6.07) is 0. The minimum Gasteiger partial charge on any atom is -0.478 e. The van der Waals surface area contributed by atoms with E-state index in [4.69, 9.17) is 9.84 Å². The van der Waals surface area contributed by atoms with Crippen LogP contribution in [0.15, 0.2) is 12.2 Å². The molecule has 6 nitrogen and oxygen atoms in total. The first kappa shape index (κ1) is 14.2. The van der Waals surface area contributed by atoms with E-state index in [1.54, 1.807) is 4.90 Å². The van der Waals surface area contributed by atoms with Crippen molar-refractivity contribution >= 4 is 17.8 Å². The third-order valence-corrected chi connectivity index (χ3v) is 2.64. The quantitative estimate of drug-likeness (QED) is 0.573. The predicted octanol–water partition coefficient (Wildman–Crippen LogP) is 0.573. The van der Waals surface area contributed by atoms with Gasteiger partial charge in [0.05, 0.1) is 6.54 Å². The van der Waals surface area contributed by atoms with Crippen molar-refractivity contribution in [2.45, 2.75) is 25.7 Å². The first-order valence-electron chi connectivity index (χ1n) is 5.95. The molecule has 1 amide bonds. The van der Waals surface area contributed by atoms with Crippen molar-refractivity contribution in [2.24, 2.45) is 0 Å². The summed E-state index contributed by atoms with van der Waals surface area (Å²) in [5.74, 6) is -1.82. The molecule has 0 saturated carbocycles. The van der Waals surface area contributed by atoms with Crippen molar-refractivity contribution in [2.75, 3.05) is 19.7 Å². The summed E-state index contributed by atoms with van der Waals surface area (Å²) < 4.78 is 4.80. The monoisotopic (exact) mass is 255 g/mol. The maximum Gasteiger partial charge on any atom is 0.331 e. The van der Waals surface area contributed by atoms with Gasteiger partial charge in [-0.3, -0.25) is 4.79 Å². The molecule has 0 unspecified atom stereocenters. The topological polar surface area (TPSA) is 83.9 Å². The molecule has 0 radical (unpaired) electrons. The lowest BCUT2D eigenvalue weighted by Gasteiger charge is -2.19. The van der Waals surface area contributed by atoms with Crippen molar-refractivity contribution in [1.82, 2.24) is 4.90 Å². The number of rotatable bonds is 5. The first-order valence-corrected chi connectivity index (χ1v) is 5.95. The molecule has 0 aromatic heterocycles. The molecule has 1 fully saturated rings. The molecule has 0 aliphatic carbocycles. The van der Waals surface area contributed by atoms with Crippen molar-refractivity contribution in [1.29, 1.82) is 0 Å². The molecule has 100 valence electrons. The second-order valence-electron chi connectivity index (χ2n) is 4.03. The van der Waals surface area contributed by atoms with Crippen LogP contribution < -0.4 is 0 Å². The van der Waals surface area contributed by atoms with Crippen LogP contribution in [0, 0.1) is 0 Å². The fourth-order valence-electron chi connectivity index (χ4n) is 1.72. The van der Waals surface area contributed by atoms with E-state index in [2.05, 4.69) is 0 Å². The van der Waals surface area contributed by atoms with Crippen LogP contribution in [-0.2, 0) is 19.1 Å². The standard InChI is InChI=1S/C12H17NO5/c14-10-4-2-1-3-7-13(10)8-9-18-12(17)6-5-11(15)16/h5-6H,1-4,7-9H2,(H,15,16)/b6-5-. The van der Waals surface area contributed by atoms with Gasteiger partial charge in [0.15, 0.2) is 0 Å². The fraction of sp³-hybridized carbons (Fsp3) is 0.583. The van der Waals surface area contributed by atoms with Gasteiger partial charge in [-0.15, -0.1) is 0 Å². The van der Waals surface area contributed by atoms with Crippen LogP contribution in [0.25, 0.3) is 0 Å². The van der Waals surface area contributed by atoms with Crippen LogP contribution in [0.4, 0.5) is 0 Å². The highest BCUT2D eigenvalue weighted by Gasteiger charge is 2.16. The van der Waals surface area contributed by atoms with Gasteiger partial charge in [-0.2, -0.15) is 0 Å². The van der Waals surface area contributed by atoms with Crippen molar-refractivity contribution in [3.8, 4) is 0 Å². The summed E-state index contributed by atoms with van der Waals surface area (Å²) >= 11 is 0. The Kier molecular flexibility index (Phi) is 5.90. The molecule has 1 heterocycles. The Bertz CT molecular complexity index is 350. The Morgan fingerprint density at radius 3 is 2.78 bits per heavy atom. The second kappa shape index (κ2) is 7.47. The van der Waals surface area contributed by atoms with E-state index in [1.807, 2.05) is 0 Å². The minimum atomic E-state index is -1.20. The highest BCUT2D eigenvalue weighted by molar-refractivity contribution is 5.90. The average Bonchev–Trinajstić information content (AvgIpc) is 2.52. The molecular formula is C12H17NO5. The lowest BCUT2D eigenvalue weighted by Crippen LogP contribution is -2.33. The number of carboxylic acids is 1. The molecule has 0 aromatic rings. The van der Waals surface area contributed by atoms with Gasteiger partial charge in [-0.25, -0.2) is 9.59 Å². The van der Waals surface area contributed by atoms with Gasteiger partial charge in [-0.05, 0) is 12.8 Å². The smallest absolute Gasteiger partial charge is 0.331 e. The van der Waals surface area contributed by atoms with Crippen LogP contribution in [0.3, 0.4) is 0 Å². The highest BCUT2D eigenvalue weighted by atomic mass is 16.5. The van der Waals surface area contributed by atoms with E-state index in [0.717, 1.165) is 31.4 Å². The highest BCUT2D eigenvalue weighted by Crippen LogP contribution is 2.10. The van der Waals surface area contributed by atoms with Crippen molar-refractivity contribution in [3.05, 3.63) is 12.2 Å². The Balaban J connectivity index is 2.25. The summed E-state index contributed by atoms with van der Waals surface area (Å²) in [4.78, 5) is 34.5. The molecule has 0 bridgehead atoms. The maximum atomic E-state index is 11.6. The van der Waals surface area contributed by atoms with Crippen molar-refractivity contribution < 1.29 is 24.2 Å². The molecule has 18 heavy (non-hydrogen) atoms. The van der Waals surface area contributed by atoms with E-state index in [-0.39, 0.29) is 12.5 Å². The van der Waals surface area contributed by atoms with E-state index in [9.17, 15) is 14.4 Å². The number of carbonyl (C=O) groups is 3. The number of amides is 1. The number of hydrogen-bond acceptors (Lipinski definition) is 4. The number of esters is 1. The Labute approximate surface area is 105 Å². The summed E-state index contributed by atoms with van der Waals surface area (Å²) in [5, 5.41) is 8.31. The first-order chi connectivity index (χ1) is 8.59. The Morgan fingerprint density at radius 2 is 2.06 bits per heavy atom. The summed E-state index contributed by atoms with van der Waals surface area (Å²) in [6.07, 6.45) is 5.05. The van der Waals surface area contributed by atoms with Gasteiger partial charge in [0.2, 0.25) is 5.91 Å². The van der Waals surface area contributed by atoms with E-state index in [0.29, 0.717) is 19.5 Å². The molecule has 1 saturated heterocycles. The molecule has 1 N–H and O–H groups in total. The summed E-state index contributed by atoms with van der Waals surface area (Å²) in [5.41, 5.74) is 0. The third-order valence-electron chi connectivity index (χ3n) is 2.64. The van der Waals surface area contributed by atoms with Crippen LogP contribution in [-0.4, -0.2) is 47.5 Å². The normalized spacial score (nSPS) is 16.7. The van der Waals surface area contributed by atoms with Crippen molar-refractivity contribution in [3.63, 3.8) is 0 Å². The number of carbonyl (C=O) groups excluding carboxylic acids is 2. The van der Waals surface area contributed by atoms with Gasteiger partial charge in [0, 0.05) is 25.1 Å². The maximum absolute atomic E-state index is 11.6. The minimum absolute atomic E-state index is 0.0876. The molecule has 1 rings (SSSR count). The predicted molar refractivity (Wildman–Crippen MR) is 62.8 cm³/mol. The second-order valence-corrected chi connectivity index (χ2v) is 4.03. The van der Waals surface area contributed by atoms with E-state index in [1.165, 1.54) is 0 Å². The summed E-state index contributed by atoms with van der Waals surface area (Å²) in [7, 11) is 0. The van der Waals surface area contributed by atoms with E-state index >= 15 is 0 Å². The van der Waals surface area contributed by atoms with Gasteiger partial charge in [0.1, 0.15) is 6.61 Å². The molecule has 1 aliphatic rings. The zero-order valence-corrected chi connectivity index (χ0v) is 10.1. The van der Waals surface area contributed by atoms with Crippen LogP contribution in [0.2, 0.25) is 0 Å². The van der Waals surface area contributed by atoms with Gasteiger partial charge < -0.3 is 14.7 Å². The number of likely N-dealkylation sites (tertiary alicyclic amines) is 1. The third kappa shape index (κ3) is 5.47. The van der Waals surface area contributed by atoms with Crippen LogP contribution in [0.1, 0.15) is 25.7 Å². The van der Waals surface area contributed by atoms with Gasteiger partial charge >= 0.3 is 11.9 Å². The number of nitrogens with zero attached hydrogens (tertiary/aromatic N) is 1. The Hall–Kier alpha value is -1.85. The SMILES string of the molecule is O=C(O)/C=C\C(=O)OCCN1CCCCCC1=O. The zero-order chi connectivity index (χ0) is 13.4.